The van der Waals surface area contributed by atoms with E-state index >= 15 is 0 Å². The molecule has 0 radical (unpaired) electrons. The maximum absolute atomic E-state index is 13.7. The minimum Gasteiger partial charge on any atom is -0.493 e. The van der Waals surface area contributed by atoms with Gasteiger partial charge in [0.2, 0.25) is 0 Å². The van der Waals surface area contributed by atoms with E-state index in [1.165, 1.54) is 0 Å². The molecule has 1 saturated heterocycles. The van der Waals surface area contributed by atoms with Gasteiger partial charge in [0, 0.05) is 46.3 Å². The first-order chi connectivity index (χ1) is 21.0. The molecule has 8 nitrogen and oxygen atoms in total. The fraction of sp³-hybridized carbons (Fsp3) is 0.364. The van der Waals surface area contributed by atoms with Crippen LogP contribution in [0.1, 0.15) is 35.7 Å². The lowest BCUT2D eigenvalue weighted by Crippen LogP contribution is -2.42. The zero-order valence-corrected chi connectivity index (χ0v) is 25.6. The van der Waals surface area contributed by atoms with E-state index in [1.807, 2.05) is 36.4 Å². The summed E-state index contributed by atoms with van der Waals surface area (Å²) in [4.78, 5) is 21.4. The summed E-state index contributed by atoms with van der Waals surface area (Å²) in [5.74, 6) is 1.72. The number of morpholine rings is 1. The number of halogens is 2. The van der Waals surface area contributed by atoms with Crippen LogP contribution in [0.4, 0.5) is 4.79 Å². The highest BCUT2D eigenvalue weighted by atomic mass is 35.5. The van der Waals surface area contributed by atoms with Gasteiger partial charge >= 0.3 is 6.09 Å². The second-order valence-corrected chi connectivity index (χ2v) is 11.7. The zero-order chi connectivity index (χ0) is 29.8. The average molecular weight is 625 g/mol. The van der Waals surface area contributed by atoms with E-state index in [9.17, 15) is 4.79 Å². The van der Waals surface area contributed by atoms with Crippen LogP contribution in [0.2, 0.25) is 10.0 Å². The molecule has 2 aliphatic heterocycles. The molecule has 1 aromatic heterocycles. The first-order valence-electron chi connectivity index (χ1n) is 14.6. The number of methoxy groups -OCH3 is 1. The summed E-state index contributed by atoms with van der Waals surface area (Å²) in [7, 11) is 1.64. The van der Waals surface area contributed by atoms with Crippen molar-refractivity contribution in [2.75, 3.05) is 53.1 Å². The highest BCUT2D eigenvalue weighted by Crippen LogP contribution is 2.42. The number of hydrogen-bond acceptors (Lipinski definition) is 6. The summed E-state index contributed by atoms with van der Waals surface area (Å²) in [6.07, 6.45) is 2.16. The summed E-state index contributed by atoms with van der Waals surface area (Å²) in [5, 5.41) is 2.30. The monoisotopic (exact) mass is 623 g/mol. The van der Waals surface area contributed by atoms with Crippen LogP contribution in [0.3, 0.4) is 0 Å². The molecule has 0 bridgehead atoms. The predicted octanol–water partition coefficient (Wildman–Crippen LogP) is 7.12. The number of fused-ring (bicyclic) bond motifs is 3. The molecule has 10 heteroatoms. The summed E-state index contributed by atoms with van der Waals surface area (Å²) in [6.45, 7) is 5.63. The third-order valence-electron chi connectivity index (χ3n) is 8.08. The molecule has 0 aliphatic carbocycles. The van der Waals surface area contributed by atoms with Gasteiger partial charge < -0.3 is 23.9 Å². The van der Waals surface area contributed by atoms with Crippen molar-refractivity contribution in [3.05, 3.63) is 87.5 Å². The molecule has 3 heterocycles. The third-order valence-corrected chi connectivity index (χ3v) is 8.56. The second kappa shape index (κ2) is 13.5. The van der Waals surface area contributed by atoms with Gasteiger partial charge in [-0.2, -0.15) is 0 Å². The van der Waals surface area contributed by atoms with Crippen molar-refractivity contribution >= 4 is 40.2 Å². The van der Waals surface area contributed by atoms with Gasteiger partial charge in [-0.05, 0) is 91.5 Å². The molecule has 43 heavy (non-hydrogen) atoms. The van der Waals surface area contributed by atoms with Gasteiger partial charge in [0.15, 0.2) is 11.5 Å². The summed E-state index contributed by atoms with van der Waals surface area (Å²) in [5.41, 5.74) is 3.92. The number of benzene rings is 3. The van der Waals surface area contributed by atoms with Crippen molar-refractivity contribution in [3.8, 4) is 17.2 Å². The van der Waals surface area contributed by atoms with E-state index in [0.29, 0.717) is 46.9 Å². The highest BCUT2D eigenvalue weighted by molar-refractivity contribution is 6.31. The first kappa shape index (κ1) is 29.6. The number of rotatable bonds is 9. The average Bonchev–Trinajstić information content (AvgIpc) is 3.39. The van der Waals surface area contributed by atoms with Gasteiger partial charge in [0.05, 0.1) is 26.9 Å². The van der Waals surface area contributed by atoms with E-state index in [4.69, 9.17) is 42.1 Å². The molecule has 0 spiro atoms. The molecule has 0 saturated carbocycles. The van der Waals surface area contributed by atoms with Gasteiger partial charge in [0.25, 0.3) is 0 Å². The van der Waals surface area contributed by atoms with Gasteiger partial charge in [-0.25, -0.2) is 4.79 Å². The van der Waals surface area contributed by atoms with Gasteiger partial charge in [-0.15, -0.1) is 0 Å². The van der Waals surface area contributed by atoms with Gasteiger partial charge in [-0.1, -0.05) is 29.3 Å². The molecule has 1 N–H and O–H groups in total. The fourth-order valence-corrected chi connectivity index (χ4v) is 6.18. The van der Waals surface area contributed by atoms with Crippen LogP contribution in [0, 0.1) is 0 Å². The number of aromatic nitrogens is 1. The smallest absolute Gasteiger partial charge is 0.416 e. The molecule has 1 fully saturated rings. The molecular weight excluding hydrogens is 589 g/mol. The molecule has 2 aliphatic rings. The van der Waals surface area contributed by atoms with E-state index in [-0.39, 0.29) is 0 Å². The number of carbonyl (C=O) groups is 1. The fourth-order valence-electron chi connectivity index (χ4n) is 5.89. The molecule has 6 rings (SSSR count). The largest absolute Gasteiger partial charge is 0.493 e. The van der Waals surface area contributed by atoms with Crippen LogP contribution in [-0.2, 0) is 11.2 Å². The Balaban J connectivity index is 1.27. The lowest BCUT2D eigenvalue weighted by Gasteiger charge is -2.35. The minimum absolute atomic E-state index is 0.429. The topological polar surface area (TPSA) is 76.3 Å². The first-order valence-corrected chi connectivity index (χ1v) is 15.4. The molecular formula is C33H35Cl2N3O5. The van der Waals surface area contributed by atoms with E-state index in [2.05, 4.69) is 9.88 Å². The number of nitrogens with zero attached hydrogens (tertiary/aromatic N) is 2. The normalized spacial score (nSPS) is 17.1. The van der Waals surface area contributed by atoms with Crippen molar-refractivity contribution in [2.45, 2.75) is 25.3 Å². The summed E-state index contributed by atoms with van der Waals surface area (Å²) < 4.78 is 23.2. The molecule has 4 aromatic rings. The van der Waals surface area contributed by atoms with Crippen LogP contribution in [-0.4, -0.2) is 74.0 Å². The third kappa shape index (κ3) is 6.73. The molecule has 1 unspecified atom stereocenters. The number of hydrogen-bond donors (Lipinski definition) is 1. The summed E-state index contributed by atoms with van der Waals surface area (Å²) >= 11 is 12.4. The number of ether oxygens (including phenoxy) is 4. The molecule has 226 valence electrons. The number of carbonyl (C=O) groups excluding carboxylic acids is 1. The van der Waals surface area contributed by atoms with Crippen LogP contribution in [0.5, 0.6) is 17.2 Å². The maximum atomic E-state index is 13.7. The van der Waals surface area contributed by atoms with E-state index in [0.717, 1.165) is 73.4 Å². The quantitative estimate of drug-likeness (QED) is 0.200. The second-order valence-electron chi connectivity index (χ2n) is 10.8. The van der Waals surface area contributed by atoms with E-state index in [1.54, 1.807) is 36.3 Å². The Morgan fingerprint density at radius 2 is 1.74 bits per heavy atom. The molecule has 3 aromatic carbocycles. The summed E-state index contributed by atoms with van der Waals surface area (Å²) in [6, 6.07) is 18.0. The van der Waals surface area contributed by atoms with Crippen LogP contribution < -0.4 is 14.2 Å². The number of H-pyrrole nitrogens is 1. The lowest BCUT2D eigenvalue weighted by molar-refractivity contribution is 0.0367. The van der Waals surface area contributed by atoms with Crippen molar-refractivity contribution in [1.29, 1.82) is 0 Å². The molecule has 1 amide bonds. The Bertz CT molecular complexity index is 1570. The predicted molar refractivity (Wildman–Crippen MR) is 168 cm³/mol. The SMILES string of the molecule is COc1ccc(C2c3[nH]c4ccc(Cl)cc4c3CCN2C(=O)Oc2ccc(Cl)cc2)cc1OCCCCN1CCOCC1. The Labute approximate surface area is 261 Å². The van der Waals surface area contributed by atoms with Crippen molar-refractivity contribution in [2.24, 2.45) is 0 Å². The highest BCUT2D eigenvalue weighted by Gasteiger charge is 2.36. The number of nitrogens with one attached hydrogen (secondary N) is 1. The van der Waals surface area contributed by atoms with Crippen molar-refractivity contribution < 1.29 is 23.7 Å². The Morgan fingerprint density at radius 3 is 2.53 bits per heavy atom. The van der Waals surface area contributed by atoms with Crippen molar-refractivity contribution in [1.82, 2.24) is 14.8 Å². The van der Waals surface area contributed by atoms with Gasteiger partial charge in [0.1, 0.15) is 11.8 Å². The lowest BCUT2D eigenvalue weighted by atomic mass is 9.92. The van der Waals surface area contributed by atoms with Crippen LogP contribution in [0.15, 0.2) is 60.7 Å². The maximum Gasteiger partial charge on any atom is 0.416 e. The number of amides is 1. The minimum atomic E-state index is -0.448. The Hall–Kier alpha value is -3.43. The van der Waals surface area contributed by atoms with E-state index < -0.39 is 12.1 Å². The van der Waals surface area contributed by atoms with Crippen LogP contribution in [0.25, 0.3) is 10.9 Å². The van der Waals surface area contributed by atoms with Crippen molar-refractivity contribution in [3.63, 3.8) is 0 Å². The Morgan fingerprint density at radius 1 is 0.953 bits per heavy atom. The standard InChI is InChI=1S/C33H35Cl2N3O5/c1-40-29-11-4-22(20-30(29)42-17-3-2-13-37-15-18-41-19-16-37)32-31-26(27-21-24(35)7-10-28(27)36-31)12-14-38(32)33(39)43-25-8-5-23(34)6-9-25/h4-11,20-21,32,36H,2-3,12-19H2,1H3. The van der Waals surface area contributed by atoms with Crippen LogP contribution >= 0.6 is 23.2 Å². The number of aromatic amines is 1. The van der Waals surface area contributed by atoms with Gasteiger partial charge in [-0.3, -0.25) is 9.80 Å². The molecule has 1 atom stereocenters. The number of unbranched alkanes of at least 4 members (excludes halogenated alkanes) is 1. The zero-order valence-electron chi connectivity index (χ0n) is 24.1. The Kier molecular flexibility index (Phi) is 9.28.